The third kappa shape index (κ3) is 4.66. The number of methoxy groups -OCH3 is 1. The molecule has 3 rings (SSSR count). The second-order valence-electron chi connectivity index (χ2n) is 6.63. The van der Waals surface area contributed by atoms with Crippen molar-refractivity contribution in [3.05, 3.63) is 53.1 Å². The number of fused-ring (bicyclic) bond motifs is 1. The molecule has 0 aromatic heterocycles. The standard InChI is InChI=1S/C20H20AsNO6S.ClH/c1-4-28-17-10-12(8-9-16(17)27-2)15(11-29(3,25)26)22-19(23)13-6-5-7-14(21)18(13)20(22)24;/h5-10,15H,4,11H2,1-3H3;1H. The van der Waals surface area contributed by atoms with Crippen LogP contribution >= 0.6 is 12.4 Å². The molecule has 2 aromatic rings. The molecule has 2 aromatic carbocycles. The number of nitrogens with zero attached hydrogens (tertiary/aromatic N) is 1. The maximum Gasteiger partial charge on any atom is -0.147 e. The quantitative estimate of drug-likeness (QED) is 0.413. The molecule has 160 valence electrons. The minimum atomic E-state index is -3.52. The van der Waals surface area contributed by atoms with Gasteiger partial charge in [0, 0.05) is 0 Å². The van der Waals surface area contributed by atoms with Crippen molar-refractivity contribution in [1.82, 2.24) is 4.90 Å². The first-order chi connectivity index (χ1) is 13.7. The van der Waals surface area contributed by atoms with Gasteiger partial charge in [-0.1, -0.05) is 0 Å². The van der Waals surface area contributed by atoms with Crippen molar-refractivity contribution in [2.45, 2.75) is 13.0 Å². The zero-order chi connectivity index (χ0) is 21.3. The number of hydrogen-bond acceptors (Lipinski definition) is 6. The molecule has 1 aliphatic rings. The molecule has 1 unspecified atom stereocenters. The van der Waals surface area contributed by atoms with E-state index in [4.69, 9.17) is 9.47 Å². The van der Waals surface area contributed by atoms with Crippen LogP contribution in [-0.2, 0) is 9.84 Å². The first kappa shape index (κ1) is 24.2. The summed E-state index contributed by atoms with van der Waals surface area (Å²) >= 11 is 2.27. The van der Waals surface area contributed by atoms with Gasteiger partial charge in [-0.2, -0.15) is 0 Å². The summed E-state index contributed by atoms with van der Waals surface area (Å²) in [6.45, 7) is 2.19. The predicted molar refractivity (Wildman–Crippen MR) is 116 cm³/mol. The van der Waals surface area contributed by atoms with Crippen molar-refractivity contribution in [1.29, 1.82) is 0 Å². The van der Waals surface area contributed by atoms with Crippen LogP contribution in [0.15, 0.2) is 36.4 Å². The van der Waals surface area contributed by atoms with Crippen molar-refractivity contribution in [3.63, 3.8) is 0 Å². The first-order valence-corrected chi connectivity index (χ1v) is 11.9. The van der Waals surface area contributed by atoms with Gasteiger partial charge in [0.15, 0.2) is 0 Å². The van der Waals surface area contributed by atoms with Crippen molar-refractivity contribution in [2.75, 3.05) is 25.7 Å². The molecule has 0 saturated carbocycles. The van der Waals surface area contributed by atoms with E-state index >= 15 is 0 Å². The first-order valence-electron chi connectivity index (χ1n) is 8.86. The number of carbonyl (C=O) groups excluding carboxylic acids is 2. The molecule has 10 heteroatoms. The Kier molecular flexibility index (Phi) is 7.61. The topological polar surface area (TPSA) is 90.0 Å². The van der Waals surface area contributed by atoms with Gasteiger partial charge in [0.05, 0.1) is 0 Å². The zero-order valence-corrected chi connectivity index (χ0v) is 20.1. The van der Waals surface area contributed by atoms with Gasteiger partial charge in [-0.05, 0) is 0 Å². The van der Waals surface area contributed by atoms with Crippen LogP contribution in [0, 0.1) is 0 Å². The van der Waals surface area contributed by atoms with E-state index in [1.54, 1.807) is 36.4 Å². The summed E-state index contributed by atoms with van der Waals surface area (Å²) < 4.78 is 35.8. The fourth-order valence-electron chi connectivity index (χ4n) is 3.34. The second-order valence-corrected chi connectivity index (χ2v) is 9.83. The smallest absolute Gasteiger partial charge is 0.147 e. The normalized spacial score (nSPS) is 14.2. The zero-order valence-electron chi connectivity index (χ0n) is 16.6. The molecule has 0 spiro atoms. The summed E-state index contributed by atoms with van der Waals surface area (Å²) in [4.78, 5) is 27.2. The summed E-state index contributed by atoms with van der Waals surface area (Å²) in [5.41, 5.74) is 1.03. The summed E-state index contributed by atoms with van der Waals surface area (Å²) in [5, 5.41) is 0. The van der Waals surface area contributed by atoms with E-state index in [2.05, 4.69) is 16.9 Å². The van der Waals surface area contributed by atoms with E-state index in [-0.39, 0.29) is 23.5 Å². The van der Waals surface area contributed by atoms with E-state index in [1.807, 2.05) is 6.92 Å². The van der Waals surface area contributed by atoms with E-state index in [0.717, 1.165) is 11.2 Å². The Bertz CT molecular complexity index is 1090. The van der Waals surface area contributed by atoms with Crippen molar-refractivity contribution in [3.8, 4) is 11.5 Å². The van der Waals surface area contributed by atoms with Crippen molar-refractivity contribution >= 4 is 55.3 Å². The van der Waals surface area contributed by atoms with Gasteiger partial charge in [-0.3, -0.25) is 0 Å². The minimum Gasteiger partial charge on any atom is -0.147 e. The Balaban J connectivity index is 0.00000320. The van der Waals surface area contributed by atoms with Gasteiger partial charge < -0.3 is 0 Å². The molecule has 2 amide bonds. The van der Waals surface area contributed by atoms with E-state index < -0.39 is 33.4 Å². The summed E-state index contributed by atoms with van der Waals surface area (Å²) in [6.07, 6.45) is 1.08. The number of carbonyl (C=O) groups is 2. The Morgan fingerprint density at radius 1 is 1.10 bits per heavy atom. The summed E-state index contributed by atoms with van der Waals surface area (Å²) in [7, 11) is -2.02. The van der Waals surface area contributed by atoms with Gasteiger partial charge in [0.2, 0.25) is 0 Å². The fraction of sp³-hybridized carbons (Fsp3) is 0.300. The summed E-state index contributed by atoms with van der Waals surface area (Å²) in [5.74, 6) is -0.534. The third-order valence-corrected chi connectivity index (χ3v) is 6.27. The van der Waals surface area contributed by atoms with Crippen LogP contribution in [0.25, 0.3) is 0 Å². The number of amides is 2. The molecule has 0 aliphatic carbocycles. The Morgan fingerprint density at radius 3 is 2.37 bits per heavy atom. The van der Waals surface area contributed by atoms with Crippen LogP contribution in [0.3, 0.4) is 0 Å². The number of hydrogen-bond donors (Lipinski definition) is 0. The number of benzene rings is 2. The Morgan fingerprint density at radius 2 is 1.80 bits per heavy atom. The molecule has 2 radical (unpaired) electrons. The number of sulfone groups is 1. The molecular weight excluding hydrogens is 493 g/mol. The number of imide groups is 1. The van der Waals surface area contributed by atoms with Gasteiger partial charge in [-0.25, -0.2) is 0 Å². The Hall–Kier alpha value is -2.02. The number of rotatable bonds is 7. The monoisotopic (exact) mass is 513 g/mol. The van der Waals surface area contributed by atoms with Gasteiger partial charge >= 0.3 is 179 Å². The molecule has 30 heavy (non-hydrogen) atoms. The van der Waals surface area contributed by atoms with Crippen LogP contribution < -0.4 is 13.8 Å². The molecule has 0 saturated heterocycles. The molecule has 1 heterocycles. The van der Waals surface area contributed by atoms with Crippen LogP contribution in [0.2, 0.25) is 0 Å². The third-order valence-electron chi connectivity index (χ3n) is 4.57. The van der Waals surface area contributed by atoms with Gasteiger partial charge in [0.1, 0.15) is 0 Å². The van der Waals surface area contributed by atoms with Gasteiger partial charge in [0.25, 0.3) is 0 Å². The average molecular weight is 514 g/mol. The van der Waals surface area contributed by atoms with E-state index in [9.17, 15) is 18.0 Å². The molecule has 1 atom stereocenters. The molecule has 0 fully saturated rings. The fourth-order valence-corrected chi connectivity index (χ4v) is 4.89. The molecule has 0 bridgehead atoms. The van der Waals surface area contributed by atoms with Crippen molar-refractivity contribution < 1.29 is 27.5 Å². The SMILES string of the molecule is CCOc1cc(C(CS(C)(=O)=O)N2C(=O)c3cccc([As])c3C2=O)ccc1OC.Cl. The summed E-state index contributed by atoms with van der Waals surface area (Å²) in [6, 6.07) is 8.88. The predicted octanol–water partition coefficient (Wildman–Crippen LogP) is 1.69. The Labute approximate surface area is 190 Å². The number of ether oxygens (including phenoxy) is 2. The molecule has 0 N–H and O–H groups in total. The molecule has 1 aliphatic heterocycles. The average Bonchev–Trinajstić information content (AvgIpc) is 2.91. The second kappa shape index (κ2) is 9.41. The van der Waals surface area contributed by atoms with E-state index in [1.165, 1.54) is 7.11 Å². The van der Waals surface area contributed by atoms with E-state index in [0.29, 0.717) is 28.0 Å². The van der Waals surface area contributed by atoms with Crippen LogP contribution in [0.4, 0.5) is 0 Å². The van der Waals surface area contributed by atoms with Gasteiger partial charge in [-0.15, -0.1) is 12.4 Å². The molecule has 7 nitrogen and oxygen atoms in total. The van der Waals surface area contributed by atoms with Crippen LogP contribution in [-0.4, -0.2) is 67.7 Å². The van der Waals surface area contributed by atoms with Crippen LogP contribution in [0.5, 0.6) is 11.5 Å². The maximum absolute atomic E-state index is 13.1. The number of halogens is 1. The molecular formula is C20H21AsClNO6S. The van der Waals surface area contributed by atoms with Crippen LogP contribution in [0.1, 0.15) is 39.2 Å². The van der Waals surface area contributed by atoms with Crippen molar-refractivity contribution in [2.24, 2.45) is 0 Å². The maximum atomic E-state index is 13.1. The minimum absolute atomic E-state index is 0. The largest absolute Gasteiger partial charge is 0.147 e.